The average Bonchev–Trinajstić information content (AvgIpc) is 3.00. The molecular weight excluding hydrogens is 339 g/mol. The van der Waals surface area contributed by atoms with E-state index in [1.54, 1.807) is 30.3 Å². The Labute approximate surface area is 141 Å². The van der Waals surface area contributed by atoms with Crippen molar-refractivity contribution in [2.75, 3.05) is 0 Å². The van der Waals surface area contributed by atoms with E-state index < -0.39 is 0 Å². The van der Waals surface area contributed by atoms with Crippen molar-refractivity contribution in [2.45, 2.75) is 17.6 Å². The van der Waals surface area contributed by atoms with Gasteiger partial charge in [-0.3, -0.25) is 0 Å². The van der Waals surface area contributed by atoms with Gasteiger partial charge >= 0.3 is 0 Å². The summed E-state index contributed by atoms with van der Waals surface area (Å²) in [6.45, 7) is 0.176. The van der Waals surface area contributed by atoms with E-state index in [4.69, 9.17) is 20.8 Å². The zero-order valence-corrected chi connectivity index (χ0v) is 13.5. The molecule has 0 radical (unpaired) electrons. The maximum absolute atomic E-state index is 13.1. The van der Waals surface area contributed by atoms with Crippen LogP contribution in [-0.4, -0.2) is 10.2 Å². The normalized spacial score (nSPS) is 10.7. The Morgan fingerprint density at radius 3 is 2.74 bits per heavy atom. The van der Waals surface area contributed by atoms with Crippen LogP contribution in [0, 0.1) is 5.82 Å². The van der Waals surface area contributed by atoms with Crippen molar-refractivity contribution in [3.63, 3.8) is 0 Å². The van der Waals surface area contributed by atoms with E-state index in [9.17, 15) is 4.39 Å². The van der Waals surface area contributed by atoms with Gasteiger partial charge in [0.1, 0.15) is 11.6 Å². The van der Waals surface area contributed by atoms with Crippen LogP contribution < -0.4 is 4.74 Å². The molecule has 0 aliphatic rings. The van der Waals surface area contributed by atoms with Crippen LogP contribution in [0.5, 0.6) is 5.75 Å². The molecule has 0 aliphatic carbocycles. The molecule has 2 aromatic carbocycles. The number of benzene rings is 2. The van der Waals surface area contributed by atoms with Gasteiger partial charge in [-0.15, -0.1) is 10.2 Å². The Hall–Kier alpha value is -2.05. The van der Waals surface area contributed by atoms with Gasteiger partial charge in [-0.25, -0.2) is 4.39 Å². The number of halogens is 2. The maximum atomic E-state index is 13.1. The first kappa shape index (κ1) is 15.8. The van der Waals surface area contributed by atoms with Crippen molar-refractivity contribution in [3.05, 3.63) is 70.8 Å². The second-order valence-corrected chi connectivity index (χ2v) is 5.99. The highest BCUT2D eigenvalue weighted by Crippen LogP contribution is 2.22. The van der Waals surface area contributed by atoms with Crippen LogP contribution in [0.15, 0.2) is 58.2 Å². The van der Waals surface area contributed by atoms with Gasteiger partial charge in [0, 0.05) is 10.8 Å². The third-order valence-corrected chi connectivity index (χ3v) is 4.02. The lowest BCUT2D eigenvalue weighted by Crippen LogP contribution is -1.95. The van der Waals surface area contributed by atoms with E-state index in [-0.39, 0.29) is 12.4 Å². The molecule has 1 aromatic heterocycles. The largest absolute Gasteiger partial charge is 0.484 e. The molecule has 0 aliphatic heterocycles. The predicted octanol–water partition coefficient (Wildman–Crippen LogP) is 4.73. The summed E-state index contributed by atoms with van der Waals surface area (Å²) in [7, 11) is 0. The number of rotatable bonds is 6. The molecule has 0 spiro atoms. The Bertz CT molecular complexity index is 780. The minimum Gasteiger partial charge on any atom is -0.484 e. The number of hydrogen-bond acceptors (Lipinski definition) is 5. The van der Waals surface area contributed by atoms with Crippen LogP contribution in [0.3, 0.4) is 0 Å². The number of thioether (sulfide) groups is 1. The quantitative estimate of drug-likeness (QED) is 0.601. The molecule has 3 rings (SSSR count). The van der Waals surface area contributed by atoms with Crippen molar-refractivity contribution in [3.8, 4) is 5.75 Å². The molecule has 0 saturated carbocycles. The SMILES string of the molecule is Fc1cccc(CSc2nnc(COc3ccc(Cl)cc3)o2)c1. The second kappa shape index (κ2) is 7.48. The van der Waals surface area contributed by atoms with Gasteiger partial charge in [-0.2, -0.15) is 0 Å². The number of nitrogens with zero attached hydrogens (tertiary/aromatic N) is 2. The molecule has 0 unspecified atom stereocenters. The van der Waals surface area contributed by atoms with Crippen LogP contribution in [0.4, 0.5) is 4.39 Å². The second-order valence-electron chi connectivity index (χ2n) is 4.62. The summed E-state index contributed by atoms with van der Waals surface area (Å²) in [5.41, 5.74) is 0.854. The van der Waals surface area contributed by atoms with Crippen LogP contribution in [0.2, 0.25) is 5.02 Å². The lowest BCUT2D eigenvalue weighted by atomic mass is 10.2. The Balaban J connectivity index is 1.52. The molecule has 0 atom stereocenters. The lowest BCUT2D eigenvalue weighted by molar-refractivity contribution is 0.252. The summed E-state index contributed by atoms with van der Waals surface area (Å²) in [6.07, 6.45) is 0. The van der Waals surface area contributed by atoms with Crippen molar-refractivity contribution in [1.29, 1.82) is 0 Å². The van der Waals surface area contributed by atoms with Crippen molar-refractivity contribution < 1.29 is 13.5 Å². The first-order valence-corrected chi connectivity index (χ1v) is 8.13. The van der Waals surface area contributed by atoms with E-state index in [1.165, 1.54) is 23.9 Å². The van der Waals surface area contributed by atoms with Gasteiger partial charge in [0.2, 0.25) is 0 Å². The number of aromatic nitrogens is 2. The molecule has 0 amide bonds. The molecule has 1 heterocycles. The van der Waals surface area contributed by atoms with Crippen LogP contribution in [0.25, 0.3) is 0 Å². The van der Waals surface area contributed by atoms with Crippen LogP contribution in [-0.2, 0) is 12.4 Å². The first-order chi connectivity index (χ1) is 11.2. The molecule has 0 fully saturated rings. The minimum absolute atomic E-state index is 0.176. The van der Waals surface area contributed by atoms with Gasteiger partial charge in [-0.1, -0.05) is 35.5 Å². The molecule has 0 N–H and O–H groups in total. The summed E-state index contributed by atoms with van der Waals surface area (Å²) in [4.78, 5) is 0. The molecule has 118 valence electrons. The zero-order chi connectivity index (χ0) is 16.1. The highest BCUT2D eigenvalue weighted by molar-refractivity contribution is 7.98. The molecule has 0 saturated heterocycles. The van der Waals surface area contributed by atoms with Crippen molar-refractivity contribution in [2.24, 2.45) is 0 Å². The third-order valence-electron chi connectivity index (χ3n) is 2.88. The van der Waals surface area contributed by atoms with Crippen molar-refractivity contribution >= 4 is 23.4 Å². The predicted molar refractivity (Wildman–Crippen MR) is 86.0 cm³/mol. The standard InChI is InChI=1S/C16H12ClFN2O2S/c17-12-4-6-14(7-5-12)21-9-15-19-20-16(22-15)23-10-11-2-1-3-13(18)8-11/h1-8H,9-10H2. The fourth-order valence-electron chi connectivity index (χ4n) is 1.80. The lowest BCUT2D eigenvalue weighted by Gasteiger charge is -2.02. The summed E-state index contributed by atoms with van der Waals surface area (Å²) >= 11 is 7.15. The van der Waals surface area contributed by atoms with Gasteiger partial charge in [-0.05, 0) is 42.0 Å². The Morgan fingerprint density at radius 1 is 1.13 bits per heavy atom. The molecule has 0 bridgehead atoms. The number of hydrogen-bond donors (Lipinski definition) is 0. The van der Waals surface area contributed by atoms with E-state index in [1.807, 2.05) is 6.07 Å². The summed E-state index contributed by atoms with van der Waals surface area (Å²) in [5, 5.41) is 8.91. The fraction of sp³-hybridized carbons (Fsp3) is 0.125. The average molecular weight is 351 g/mol. The van der Waals surface area contributed by atoms with Gasteiger partial charge in [0.25, 0.3) is 11.1 Å². The van der Waals surface area contributed by atoms with Gasteiger partial charge in [0.15, 0.2) is 6.61 Å². The summed E-state index contributed by atoms with van der Waals surface area (Å²) < 4.78 is 24.1. The maximum Gasteiger partial charge on any atom is 0.277 e. The topological polar surface area (TPSA) is 48.2 Å². The van der Waals surface area contributed by atoms with Gasteiger partial charge < -0.3 is 9.15 Å². The van der Waals surface area contributed by atoms with Crippen molar-refractivity contribution in [1.82, 2.24) is 10.2 Å². The van der Waals surface area contributed by atoms with E-state index >= 15 is 0 Å². The number of ether oxygens (including phenoxy) is 1. The zero-order valence-electron chi connectivity index (χ0n) is 11.9. The molecular formula is C16H12ClFN2O2S. The third kappa shape index (κ3) is 4.71. The van der Waals surface area contributed by atoms with E-state index in [0.29, 0.717) is 27.6 Å². The highest BCUT2D eigenvalue weighted by Gasteiger charge is 2.08. The van der Waals surface area contributed by atoms with Gasteiger partial charge in [0.05, 0.1) is 0 Å². The smallest absolute Gasteiger partial charge is 0.277 e. The van der Waals surface area contributed by atoms with E-state index in [0.717, 1.165) is 5.56 Å². The summed E-state index contributed by atoms with van der Waals surface area (Å²) in [5.74, 6) is 1.34. The molecule has 23 heavy (non-hydrogen) atoms. The monoisotopic (exact) mass is 350 g/mol. The summed E-state index contributed by atoms with van der Waals surface area (Å²) in [6, 6.07) is 13.4. The minimum atomic E-state index is -0.259. The van der Waals surface area contributed by atoms with Crippen LogP contribution >= 0.6 is 23.4 Å². The molecule has 4 nitrogen and oxygen atoms in total. The van der Waals surface area contributed by atoms with E-state index in [2.05, 4.69) is 10.2 Å². The Kier molecular flexibility index (Phi) is 5.15. The molecule has 7 heteroatoms. The highest BCUT2D eigenvalue weighted by atomic mass is 35.5. The first-order valence-electron chi connectivity index (χ1n) is 6.77. The molecule has 3 aromatic rings. The van der Waals surface area contributed by atoms with Crippen LogP contribution in [0.1, 0.15) is 11.5 Å². The fourth-order valence-corrected chi connectivity index (χ4v) is 2.65. The Morgan fingerprint density at radius 2 is 1.96 bits per heavy atom.